The summed E-state index contributed by atoms with van der Waals surface area (Å²) in [6.07, 6.45) is 3.51. The summed E-state index contributed by atoms with van der Waals surface area (Å²) in [7, 11) is 0. The van der Waals surface area contributed by atoms with Gasteiger partial charge < -0.3 is 0 Å². The second-order valence-corrected chi connectivity index (χ2v) is 2.08. The highest BCUT2D eigenvalue weighted by Gasteiger charge is 2.08. The minimum Gasteiger partial charge on any atom is -0.286 e. The maximum Gasteiger partial charge on any atom is 0.0692 e. The van der Waals surface area contributed by atoms with Gasteiger partial charge in [-0.05, 0) is 13.8 Å². The fourth-order valence-corrected chi connectivity index (χ4v) is 0.598. The first kappa shape index (κ1) is 5.48. The minimum atomic E-state index is 0.375. The molecular formula is C6H10N2. The normalized spacial score (nSPS) is 35.8. The molecule has 44 valence electrons. The highest BCUT2D eigenvalue weighted by Crippen LogP contribution is 2.02. The van der Waals surface area contributed by atoms with E-state index in [2.05, 4.69) is 23.8 Å². The molecule has 0 aromatic carbocycles. The zero-order chi connectivity index (χ0) is 5.98. The average Bonchev–Trinajstić information content (AvgIpc) is 1.77. The van der Waals surface area contributed by atoms with Crippen LogP contribution in [0.15, 0.2) is 9.98 Å². The topological polar surface area (TPSA) is 24.7 Å². The first-order valence-corrected chi connectivity index (χ1v) is 2.85. The van der Waals surface area contributed by atoms with Gasteiger partial charge in [0.1, 0.15) is 0 Å². The highest BCUT2D eigenvalue weighted by molar-refractivity contribution is 6.16. The molecule has 1 heterocycles. The molecule has 2 atom stereocenters. The number of hydrogen-bond donors (Lipinski definition) is 0. The summed E-state index contributed by atoms with van der Waals surface area (Å²) < 4.78 is 0. The molecule has 2 heteroatoms. The molecule has 0 saturated heterocycles. The first-order chi connectivity index (χ1) is 3.80. The lowest BCUT2D eigenvalue weighted by molar-refractivity contribution is 0.608. The van der Waals surface area contributed by atoms with Gasteiger partial charge in [0.05, 0.1) is 12.1 Å². The van der Waals surface area contributed by atoms with Crippen LogP contribution in [0.3, 0.4) is 0 Å². The monoisotopic (exact) mass is 110 g/mol. The van der Waals surface area contributed by atoms with E-state index in [0.717, 1.165) is 0 Å². The molecule has 0 aliphatic carbocycles. The van der Waals surface area contributed by atoms with Crippen molar-refractivity contribution in [3.8, 4) is 0 Å². The molecule has 2 nitrogen and oxygen atoms in total. The van der Waals surface area contributed by atoms with Crippen molar-refractivity contribution >= 4 is 12.4 Å². The Bertz CT molecular complexity index is 110. The van der Waals surface area contributed by atoms with Gasteiger partial charge in [0.2, 0.25) is 0 Å². The van der Waals surface area contributed by atoms with E-state index < -0.39 is 0 Å². The minimum absolute atomic E-state index is 0.375. The smallest absolute Gasteiger partial charge is 0.0692 e. The summed E-state index contributed by atoms with van der Waals surface area (Å²) in [5.74, 6) is 0. The SMILES string of the molecule is CC1N=CC=NC1C. The van der Waals surface area contributed by atoms with Gasteiger partial charge in [-0.15, -0.1) is 0 Å². The third-order valence-corrected chi connectivity index (χ3v) is 1.41. The molecule has 1 aliphatic rings. The second-order valence-electron chi connectivity index (χ2n) is 2.08. The summed E-state index contributed by atoms with van der Waals surface area (Å²) in [4.78, 5) is 8.27. The molecule has 0 fully saturated rings. The molecule has 1 rings (SSSR count). The third-order valence-electron chi connectivity index (χ3n) is 1.41. The van der Waals surface area contributed by atoms with E-state index in [-0.39, 0.29) is 0 Å². The zero-order valence-corrected chi connectivity index (χ0v) is 5.20. The lowest BCUT2D eigenvalue weighted by atomic mass is 10.2. The maximum absolute atomic E-state index is 4.14. The summed E-state index contributed by atoms with van der Waals surface area (Å²) in [5.41, 5.74) is 0. The Morgan fingerprint density at radius 1 is 1.00 bits per heavy atom. The van der Waals surface area contributed by atoms with Crippen LogP contribution in [0.5, 0.6) is 0 Å². The van der Waals surface area contributed by atoms with E-state index >= 15 is 0 Å². The fraction of sp³-hybridized carbons (Fsp3) is 0.667. The highest BCUT2D eigenvalue weighted by atomic mass is 14.9. The summed E-state index contributed by atoms with van der Waals surface area (Å²) in [6, 6.07) is 0.750. The number of rotatable bonds is 0. The van der Waals surface area contributed by atoms with Crippen molar-refractivity contribution < 1.29 is 0 Å². The molecule has 0 aromatic rings. The van der Waals surface area contributed by atoms with E-state index in [9.17, 15) is 0 Å². The Morgan fingerprint density at radius 2 is 1.38 bits per heavy atom. The van der Waals surface area contributed by atoms with Crippen LogP contribution in [-0.4, -0.2) is 24.5 Å². The molecule has 0 spiro atoms. The lowest BCUT2D eigenvalue weighted by Gasteiger charge is -2.12. The standard InChI is InChI=1S/C6H10N2/c1-5-6(2)8-4-3-7-5/h3-6H,1-2H3. The Labute approximate surface area is 49.3 Å². The largest absolute Gasteiger partial charge is 0.286 e. The van der Waals surface area contributed by atoms with Crippen molar-refractivity contribution in [2.45, 2.75) is 25.9 Å². The van der Waals surface area contributed by atoms with Gasteiger partial charge in [-0.2, -0.15) is 0 Å². The summed E-state index contributed by atoms with van der Waals surface area (Å²) in [5, 5.41) is 0. The van der Waals surface area contributed by atoms with Gasteiger partial charge in [0.15, 0.2) is 0 Å². The van der Waals surface area contributed by atoms with Crippen LogP contribution in [0.4, 0.5) is 0 Å². The van der Waals surface area contributed by atoms with E-state index in [0.29, 0.717) is 12.1 Å². The Balaban J connectivity index is 2.59. The van der Waals surface area contributed by atoms with Crippen molar-refractivity contribution in [3.05, 3.63) is 0 Å². The molecular weight excluding hydrogens is 100 g/mol. The summed E-state index contributed by atoms with van der Waals surface area (Å²) in [6.45, 7) is 4.13. The average molecular weight is 110 g/mol. The molecule has 0 saturated carbocycles. The van der Waals surface area contributed by atoms with Crippen LogP contribution < -0.4 is 0 Å². The van der Waals surface area contributed by atoms with Crippen LogP contribution in [0.2, 0.25) is 0 Å². The van der Waals surface area contributed by atoms with Crippen LogP contribution >= 0.6 is 0 Å². The van der Waals surface area contributed by atoms with Crippen molar-refractivity contribution in [1.29, 1.82) is 0 Å². The lowest BCUT2D eigenvalue weighted by Crippen LogP contribution is -2.18. The van der Waals surface area contributed by atoms with Crippen molar-refractivity contribution in [3.63, 3.8) is 0 Å². The molecule has 0 amide bonds. The van der Waals surface area contributed by atoms with Crippen LogP contribution in [-0.2, 0) is 0 Å². The van der Waals surface area contributed by atoms with Gasteiger partial charge >= 0.3 is 0 Å². The van der Waals surface area contributed by atoms with Crippen LogP contribution in [0.1, 0.15) is 13.8 Å². The van der Waals surface area contributed by atoms with Crippen molar-refractivity contribution in [2.75, 3.05) is 0 Å². The Hall–Kier alpha value is -0.660. The van der Waals surface area contributed by atoms with Crippen molar-refractivity contribution in [1.82, 2.24) is 0 Å². The number of hydrogen-bond acceptors (Lipinski definition) is 2. The molecule has 0 aromatic heterocycles. The predicted octanol–water partition coefficient (Wildman–Crippen LogP) is 0.919. The Morgan fingerprint density at radius 3 is 1.62 bits per heavy atom. The summed E-state index contributed by atoms with van der Waals surface area (Å²) >= 11 is 0. The van der Waals surface area contributed by atoms with E-state index in [4.69, 9.17) is 0 Å². The van der Waals surface area contributed by atoms with Gasteiger partial charge in [-0.3, -0.25) is 9.98 Å². The second kappa shape index (κ2) is 2.07. The maximum atomic E-state index is 4.14. The van der Waals surface area contributed by atoms with E-state index in [1.54, 1.807) is 12.4 Å². The number of nitrogens with zero attached hydrogens (tertiary/aromatic N) is 2. The van der Waals surface area contributed by atoms with E-state index in [1.807, 2.05) is 0 Å². The van der Waals surface area contributed by atoms with Gasteiger partial charge in [0.25, 0.3) is 0 Å². The van der Waals surface area contributed by atoms with Crippen molar-refractivity contribution in [2.24, 2.45) is 9.98 Å². The molecule has 0 N–H and O–H groups in total. The molecule has 0 radical (unpaired) electrons. The van der Waals surface area contributed by atoms with Gasteiger partial charge in [-0.25, -0.2) is 0 Å². The van der Waals surface area contributed by atoms with Gasteiger partial charge in [0, 0.05) is 12.4 Å². The number of aliphatic imine (C=N–C) groups is 2. The fourth-order valence-electron chi connectivity index (χ4n) is 0.598. The first-order valence-electron chi connectivity index (χ1n) is 2.85. The molecule has 0 bridgehead atoms. The van der Waals surface area contributed by atoms with Gasteiger partial charge in [-0.1, -0.05) is 0 Å². The quantitative estimate of drug-likeness (QED) is 0.443. The van der Waals surface area contributed by atoms with E-state index in [1.165, 1.54) is 0 Å². The zero-order valence-electron chi connectivity index (χ0n) is 5.20. The van der Waals surface area contributed by atoms with Crippen LogP contribution in [0, 0.1) is 0 Å². The molecule has 8 heavy (non-hydrogen) atoms. The third kappa shape index (κ3) is 0.941. The molecule has 1 aliphatic heterocycles. The Kier molecular flexibility index (Phi) is 1.42. The molecule has 2 unspecified atom stereocenters. The van der Waals surface area contributed by atoms with Crippen LogP contribution in [0.25, 0.3) is 0 Å². The predicted molar refractivity (Wildman–Crippen MR) is 35.9 cm³/mol.